The molecule has 180 valence electrons. The van der Waals surface area contributed by atoms with Crippen molar-refractivity contribution in [2.45, 2.75) is 31.0 Å². The number of aromatic nitrogens is 3. The number of nitrogens with zero attached hydrogens (tertiary/aromatic N) is 3. The second-order valence-corrected chi connectivity index (χ2v) is 10.4. The predicted molar refractivity (Wildman–Crippen MR) is 98.8 cm³/mol. The molecule has 2 rings (SSSR count). The Hall–Kier alpha value is -1.54. The summed E-state index contributed by atoms with van der Waals surface area (Å²) in [5.74, 6) is 4.13. The fraction of sp³-hybridized carbons (Fsp3) is 0.545. The van der Waals surface area contributed by atoms with Gasteiger partial charge in [0.1, 0.15) is 18.5 Å². The van der Waals surface area contributed by atoms with Crippen molar-refractivity contribution >= 4 is 29.4 Å². The summed E-state index contributed by atoms with van der Waals surface area (Å²) in [6.07, 6.45) is -4.61. The van der Waals surface area contributed by atoms with Gasteiger partial charge >= 0.3 is 29.2 Å². The molecule has 1 aliphatic heterocycles. The maximum Gasteiger partial charge on any atom is 0.490 e. The van der Waals surface area contributed by atoms with Crippen LogP contribution in [0.5, 0.6) is 0 Å². The van der Waals surface area contributed by atoms with Gasteiger partial charge in [-0.05, 0) is 6.92 Å². The summed E-state index contributed by atoms with van der Waals surface area (Å²) in [6.45, 7) is 0.170. The summed E-state index contributed by atoms with van der Waals surface area (Å²) in [7, 11) is -16.9. The van der Waals surface area contributed by atoms with E-state index in [9.17, 15) is 33.6 Å². The first kappa shape index (κ1) is 26.7. The average molecular weight is 522 g/mol. The maximum absolute atomic E-state index is 12.1. The van der Waals surface area contributed by atoms with Crippen molar-refractivity contribution in [2.24, 2.45) is 0 Å². The summed E-state index contributed by atoms with van der Waals surface area (Å²) in [4.78, 5) is 54.6. The first-order valence-corrected chi connectivity index (χ1v) is 12.5. The lowest BCUT2D eigenvalue weighted by Gasteiger charge is -2.26. The highest BCUT2D eigenvalue weighted by Gasteiger charge is 2.57. The molecule has 8 N–H and O–H groups in total. The Morgan fingerprint density at radius 3 is 2.41 bits per heavy atom. The van der Waals surface area contributed by atoms with Crippen molar-refractivity contribution in [3.8, 4) is 11.8 Å². The predicted octanol–water partition coefficient (Wildman–Crippen LogP) is -2.42. The number of hydrogen-bond donors (Lipinski definition) is 7. The van der Waals surface area contributed by atoms with Crippen LogP contribution >= 0.6 is 23.5 Å². The lowest BCUT2D eigenvalue weighted by molar-refractivity contribution is -0.0766. The number of phosphoric ester groups is 1. The standard InChI is InChI=1S/C11H17N4O14P3/c1-2-3-11(18)7(16)6(27-8(11)15-5-13-9(12)14-10(15)17)4-26-31(22,23)29-32(24,25)28-30(19,20)21/h5-8,16,18H,4H2,1H3,(H,22,23)(H,24,25)(H2,12,14,17)(H2,19,20,21)/t6-,7+,8-,11?/m1/s1. The zero-order valence-corrected chi connectivity index (χ0v) is 18.4. The number of nitrogen functional groups attached to an aromatic ring is 1. The molecule has 2 heterocycles. The SMILES string of the molecule is CC#CC1(O)[C@@H](O)[C@@H](COP(=O)(O)OP(=O)(O)OP(=O)(O)O)O[C@H]1n1cnc(N)nc1=O. The van der Waals surface area contributed by atoms with Gasteiger partial charge in [-0.15, -0.1) is 5.92 Å². The van der Waals surface area contributed by atoms with Crippen LogP contribution in [-0.2, 0) is 31.6 Å². The molecule has 0 aromatic carbocycles. The third-order valence-electron chi connectivity index (χ3n) is 3.62. The van der Waals surface area contributed by atoms with E-state index in [4.69, 9.17) is 25.2 Å². The van der Waals surface area contributed by atoms with E-state index >= 15 is 0 Å². The molecule has 32 heavy (non-hydrogen) atoms. The van der Waals surface area contributed by atoms with Crippen molar-refractivity contribution in [1.29, 1.82) is 0 Å². The van der Waals surface area contributed by atoms with Gasteiger partial charge in [-0.2, -0.15) is 13.6 Å². The number of phosphoric acid groups is 3. The fourth-order valence-electron chi connectivity index (χ4n) is 2.50. The van der Waals surface area contributed by atoms with E-state index in [1.54, 1.807) is 0 Å². The second-order valence-electron chi connectivity index (χ2n) is 5.96. The van der Waals surface area contributed by atoms with Gasteiger partial charge in [0.05, 0.1) is 6.61 Å². The van der Waals surface area contributed by atoms with E-state index in [0.29, 0.717) is 4.57 Å². The van der Waals surface area contributed by atoms with Crippen LogP contribution in [0.25, 0.3) is 0 Å². The number of anilines is 1. The van der Waals surface area contributed by atoms with Crippen molar-refractivity contribution in [2.75, 3.05) is 12.3 Å². The van der Waals surface area contributed by atoms with Gasteiger partial charge in [0.15, 0.2) is 11.8 Å². The van der Waals surface area contributed by atoms with Gasteiger partial charge in [0.2, 0.25) is 5.95 Å². The van der Waals surface area contributed by atoms with Crippen LogP contribution in [0.15, 0.2) is 11.1 Å². The van der Waals surface area contributed by atoms with Gasteiger partial charge < -0.3 is 40.3 Å². The third kappa shape index (κ3) is 6.50. The van der Waals surface area contributed by atoms with E-state index in [2.05, 4.69) is 35.0 Å². The molecule has 21 heteroatoms. The molecule has 1 aliphatic rings. The number of aliphatic hydroxyl groups excluding tert-OH is 1. The molecular formula is C11H17N4O14P3. The quantitative estimate of drug-likeness (QED) is 0.138. The third-order valence-corrected chi connectivity index (χ3v) is 7.43. The molecule has 0 spiro atoms. The van der Waals surface area contributed by atoms with Gasteiger partial charge in [-0.3, -0.25) is 9.09 Å². The normalized spacial score (nSPS) is 29.5. The van der Waals surface area contributed by atoms with Crippen LogP contribution in [0.1, 0.15) is 13.2 Å². The Kier molecular flexibility index (Phi) is 7.82. The minimum atomic E-state index is -5.77. The smallest absolute Gasteiger partial charge is 0.386 e. The number of rotatable bonds is 8. The van der Waals surface area contributed by atoms with Crippen molar-refractivity contribution in [1.82, 2.24) is 14.5 Å². The number of ether oxygens (including phenoxy) is 1. The number of hydrogen-bond acceptors (Lipinski definition) is 13. The van der Waals surface area contributed by atoms with E-state index < -0.39 is 65.7 Å². The van der Waals surface area contributed by atoms with Gasteiger partial charge in [-0.1, -0.05) is 5.92 Å². The molecule has 1 aromatic heterocycles. The lowest BCUT2D eigenvalue weighted by atomic mass is 9.94. The molecule has 0 radical (unpaired) electrons. The summed E-state index contributed by atoms with van der Waals surface area (Å²) in [6, 6.07) is 0. The largest absolute Gasteiger partial charge is 0.490 e. The molecule has 0 saturated carbocycles. The summed E-state index contributed by atoms with van der Waals surface area (Å²) < 4.78 is 51.2. The minimum Gasteiger partial charge on any atom is -0.386 e. The average Bonchev–Trinajstić information content (AvgIpc) is 2.82. The van der Waals surface area contributed by atoms with Gasteiger partial charge in [-0.25, -0.2) is 23.5 Å². The van der Waals surface area contributed by atoms with Crippen LogP contribution in [0.2, 0.25) is 0 Å². The van der Waals surface area contributed by atoms with E-state index in [1.807, 2.05) is 0 Å². The summed E-state index contributed by atoms with van der Waals surface area (Å²) in [5, 5.41) is 21.2. The summed E-state index contributed by atoms with van der Waals surface area (Å²) in [5.41, 5.74) is 1.74. The minimum absolute atomic E-state index is 0.404. The zero-order valence-electron chi connectivity index (χ0n) is 15.7. The molecule has 1 saturated heterocycles. The molecule has 0 aliphatic carbocycles. The molecule has 3 unspecified atom stereocenters. The van der Waals surface area contributed by atoms with E-state index in [0.717, 1.165) is 6.33 Å². The maximum atomic E-state index is 12.1. The molecule has 0 amide bonds. The van der Waals surface area contributed by atoms with Crippen LogP contribution in [0.3, 0.4) is 0 Å². The molecule has 1 fully saturated rings. The highest BCUT2D eigenvalue weighted by Crippen LogP contribution is 2.66. The van der Waals surface area contributed by atoms with Crippen molar-refractivity contribution < 1.29 is 61.4 Å². The zero-order chi connectivity index (χ0) is 24.5. The fourth-order valence-corrected chi connectivity index (χ4v) is 5.53. The Balaban J connectivity index is 2.23. The first-order valence-electron chi connectivity index (χ1n) is 7.98. The Morgan fingerprint density at radius 1 is 1.25 bits per heavy atom. The number of aliphatic hydroxyl groups is 2. The highest BCUT2D eigenvalue weighted by molar-refractivity contribution is 7.66. The molecule has 1 aromatic rings. The van der Waals surface area contributed by atoms with Crippen LogP contribution < -0.4 is 11.4 Å². The van der Waals surface area contributed by atoms with E-state index in [1.165, 1.54) is 6.92 Å². The Morgan fingerprint density at radius 2 is 1.88 bits per heavy atom. The number of nitrogens with two attached hydrogens (primary N) is 1. The Bertz CT molecular complexity index is 1120. The van der Waals surface area contributed by atoms with Gasteiger partial charge in [0, 0.05) is 0 Å². The monoisotopic (exact) mass is 522 g/mol. The van der Waals surface area contributed by atoms with Crippen LogP contribution in [0, 0.1) is 11.8 Å². The van der Waals surface area contributed by atoms with Crippen molar-refractivity contribution in [3.05, 3.63) is 16.8 Å². The Labute approximate surface area is 178 Å². The summed E-state index contributed by atoms with van der Waals surface area (Å²) >= 11 is 0. The second kappa shape index (κ2) is 9.37. The highest BCUT2D eigenvalue weighted by atomic mass is 31.3. The van der Waals surface area contributed by atoms with Crippen molar-refractivity contribution in [3.63, 3.8) is 0 Å². The molecule has 0 bridgehead atoms. The topological polar surface area (TPSA) is 283 Å². The van der Waals surface area contributed by atoms with Crippen LogP contribution in [0.4, 0.5) is 5.95 Å². The van der Waals surface area contributed by atoms with Crippen LogP contribution in [-0.4, -0.2) is 68.7 Å². The molecule has 18 nitrogen and oxygen atoms in total. The molecule has 6 atom stereocenters. The van der Waals surface area contributed by atoms with Gasteiger partial charge in [0.25, 0.3) is 0 Å². The first-order chi connectivity index (χ1) is 14.5. The van der Waals surface area contributed by atoms with E-state index in [-0.39, 0.29) is 0 Å². The molecular weight excluding hydrogens is 505 g/mol. The lowest BCUT2D eigenvalue weighted by Crippen LogP contribution is -2.48.